The number of carbonyl (C=O) groups is 2. The maximum absolute atomic E-state index is 10.5. The minimum Gasteiger partial charge on any atom is -0.478 e. The number of hydrogen-bond acceptors (Lipinski definition) is 3. The van der Waals surface area contributed by atoms with Gasteiger partial charge in [-0.3, -0.25) is 0 Å². The number of aldehydes is 1. The summed E-state index contributed by atoms with van der Waals surface area (Å²) in [4.78, 5) is 22.5. The van der Waals surface area contributed by atoms with Gasteiger partial charge in [0.15, 0.2) is 0 Å². The molecule has 0 unspecified atom stereocenters. The van der Waals surface area contributed by atoms with Crippen LogP contribution in [-0.2, 0) is 4.79 Å². The number of carboxylic acids is 1. The molecule has 14 heavy (non-hydrogen) atoms. The molecule has 4 heteroatoms. The molecule has 0 aliphatic carbocycles. The maximum atomic E-state index is 10.5. The van der Waals surface area contributed by atoms with Crippen molar-refractivity contribution in [3.63, 3.8) is 0 Å². The van der Waals surface area contributed by atoms with Gasteiger partial charge in [-0.05, 0) is 24.3 Å². The van der Waals surface area contributed by atoms with Gasteiger partial charge < -0.3 is 14.8 Å². The molecule has 4 nitrogen and oxygen atoms in total. The van der Waals surface area contributed by atoms with Crippen molar-refractivity contribution < 1.29 is 14.7 Å². The highest BCUT2D eigenvalue weighted by atomic mass is 16.4. The van der Waals surface area contributed by atoms with Crippen LogP contribution in [0.1, 0.15) is 10.4 Å². The average Bonchev–Trinajstić information content (AvgIpc) is 2.18. The number of benzene rings is 1. The van der Waals surface area contributed by atoms with E-state index in [0.717, 1.165) is 12.0 Å². The number of anilines is 1. The Bertz CT molecular complexity index is 332. The Morgan fingerprint density at radius 1 is 1.43 bits per heavy atom. The summed E-state index contributed by atoms with van der Waals surface area (Å²) in [6, 6.07) is 6.37. The Morgan fingerprint density at radius 3 is 2.43 bits per heavy atom. The summed E-state index contributed by atoms with van der Waals surface area (Å²) in [5.74, 6) is -0.949. The Hall–Kier alpha value is -1.84. The van der Waals surface area contributed by atoms with Crippen LogP contribution in [0.5, 0.6) is 0 Å². The molecule has 0 radical (unpaired) electrons. The number of carbonyl (C=O) groups excluding carboxylic acids is 1. The number of aromatic carboxylic acids is 1. The van der Waals surface area contributed by atoms with Gasteiger partial charge in [0, 0.05) is 12.7 Å². The monoisotopic (exact) mass is 193 g/mol. The van der Waals surface area contributed by atoms with Crippen LogP contribution in [0.4, 0.5) is 5.69 Å². The predicted octanol–water partition coefficient (Wildman–Crippen LogP) is 1.02. The fourth-order valence-electron chi connectivity index (χ4n) is 1.08. The van der Waals surface area contributed by atoms with E-state index in [4.69, 9.17) is 5.11 Å². The maximum Gasteiger partial charge on any atom is 0.335 e. The molecule has 0 aliphatic heterocycles. The summed E-state index contributed by atoms with van der Waals surface area (Å²) in [6.07, 6.45) is 0.797. The summed E-state index contributed by atoms with van der Waals surface area (Å²) >= 11 is 0. The predicted molar refractivity (Wildman–Crippen MR) is 52.7 cm³/mol. The van der Waals surface area contributed by atoms with Crippen molar-refractivity contribution in [1.29, 1.82) is 0 Å². The van der Waals surface area contributed by atoms with E-state index in [9.17, 15) is 9.59 Å². The average molecular weight is 193 g/mol. The van der Waals surface area contributed by atoms with E-state index in [0.29, 0.717) is 6.54 Å². The Labute approximate surface area is 81.8 Å². The highest BCUT2D eigenvalue weighted by Gasteiger charge is 2.03. The summed E-state index contributed by atoms with van der Waals surface area (Å²) < 4.78 is 0. The molecule has 0 atom stereocenters. The quantitative estimate of drug-likeness (QED) is 0.725. The van der Waals surface area contributed by atoms with Gasteiger partial charge in [0.05, 0.1) is 12.1 Å². The molecule has 74 valence electrons. The van der Waals surface area contributed by atoms with Crippen LogP contribution in [0.25, 0.3) is 0 Å². The van der Waals surface area contributed by atoms with Gasteiger partial charge in [-0.15, -0.1) is 0 Å². The Morgan fingerprint density at radius 2 is 2.00 bits per heavy atom. The van der Waals surface area contributed by atoms with E-state index in [1.54, 1.807) is 24.1 Å². The molecular weight excluding hydrogens is 182 g/mol. The van der Waals surface area contributed by atoms with Crippen molar-refractivity contribution >= 4 is 17.9 Å². The van der Waals surface area contributed by atoms with Gasteiger partial charge in [-0.25, -0.2) is 4.79 Å². The molecule has 0 fully saturated rings. The molecule has 0 saturated heterocycles. The molecule has 1 N–H and O–H groups in total. The largest absolute Gasteiger partial charge is 0.478 e. The van der Waals surface area contributed by atoms with Gasteiger partial charge in [0.25, 0.3) is 0 Å². The standard InChI is InChI=1S/C10H11NO3/c1-11(6-7-12)9-4-2-8(3-5-9)10(13)14/h2-5,7H,6H2,1H3,(H,13,14). The third-order valence-corrected chi connectivity index (χ3v) is 1.90. The second-order valence-electron chi connectivity index (χ2n) is 2.90. The van der Waals surface area contributed by atoms with Crippen molar-refractivity contribution in [2.45, 2.75) is 0 Å². The first-order valence-electron chi connectivity index (χ1n) is 4.13. The number of hydrogen-bond donors (Lipinski definition) is 1. The van der Waals surface area contributed by atoms with Crippen molar-refractivity contribution in [3.8, 4) is 0 Å². The zero-order valence-corrected chi connectivity index (χ0v) is 7.80. The Kier molecular flexibility index (Phi) is 3.23. The summed E-state index contributed by atoms with van der Waals surface area (Å²) in [7, 11) is 1.77. The number of likely N-dealkylation sites (N-methyl/N-ethyl adjacent to an activating group) is 1. The van der Waals surface area contributed by atoms with Gasteiger partial charge in [-0.1, -0.05) is 0 Å². The fraction of sp³-hybridized carbons (Fsp3) is 0.200. The minimum atomic E-state index is -0.949. The van der Waals surface area contributed by atoms with Gasteiger partial charge >= 0.3 is 5.97 Å². The molecule has 0 spiro atoms. The molecule has 0 amide bonds. The molecule has 1 aromatic carbocycles. The summed E-state index contributed by atoms with van der Waals surface area (Å²) in [5.41, 5.74) is 1.07. The second kappa shape index (κ2) is 4.41. The van der Waals surface area contributed by atoms with E-state index in [1.165, 1.54) is 12.1 Å². The lowest BCUT2D eigenvalue weighted by Crippen LogP contribution is -2.19. The van der Waals surface area contributed by atoms with Crippen molar-refractivity contribution in [1.82, 2.24) is 0 Å². The van der Waals surface area contributed by atoms with Crippen molar-refractivity contribution in [2.24, 2.45) is 0 Å². The number of carboxylic acid groups (broad SMARTS) is 1. The zero-order chi connectivity index (χ0) is 10.6. The van der Waals surface area contributed by atoms with Crippen molar-refractivity contribution in [3.05, 3.63) is 29.8 Å². The molecule has 1 aromatic rings. The van der Waals surface area contributed by atoms with Crippen LogP contribution in [0, 0.1) is 0 Å². The van der Waals surface area contributed by atoms with E-state index >= 15 is 0 Å². The molecule has 0 aromatic heterocycles. The number of rotatable bonds is 4. The third-order valence-electron chi connectivity index (χ3n) is 1.90. The molecule has 0 saturated carbocycles. The smallest absolute Gasteiger partial charge is 0.335 e. The topological polar surface area (TPSA) is 57.6 Å². The molecular formula is C10H11NO3. The highest BCUT2D eigenvalue weighted by molar-refractivity contribution is 5.88. The van der Waals surface area contributed by atoms with E-state index in [2.05, 4.69) is 0 Å². The lowest BCUT2D eigenvalue weighted by Gasteiger charge is -2.15. The third kappa shape index (κ3) is 2.32. The van der Waals surface area contributed by atoms with Crippen LogP contribution in [0.2, 0.25) is 0 Å². The van der Waals surface area contributed by atoms with E-state index in [1.807, 2.05) is 0 Å². The van der Waals surface area contributed by atoms with Crippen LogP contribution in [0.3, 0.4) is 0 Å². The van der Waals surface area contributed by atoms with Gasteiger partial charge in [-0.2, -0.15) is 0 Å². The first kappa shape index (κ1) is 10.2. The summed E-state index contributed by atoms with van der Waals surface area (Å²) in [5, 5.41) is 8.65. The first-order chi connectivity index (χ1) is 6.65. The van der Waals surface area contributed by atoms with Crippen molar-refractivity contribution in [2.75, 3.05) is 18.5 Å². The second-order valence-corrected chi connectivity index (χ2v) is 2.90. The first-order valence-corrected chi connectivity index (χ1v) is 4.13. The molecule has 0 heterocycles. The van der Waals surface area contributed by atoms with Crippen LogP contribution < -0.4 is 4.90 Å². The van der Waals surface area contributed by atoms with E-state index < -0.39 is 5.97 Å². The SMILES string of the molecule is CN(CC=O)c1ccc(C(=O)O)cc1. The highest BCUT2D eigenvalue weighted by Crippen LogP contribution is 2.12. The minimum absolute atomic E-state index is 0.244. The lowest BCUT2D eigenvalue weighted by atomic mass is 10.2. The van der Waals surface area contributed by atoms with Gasteiger partial charge in [0.1, 0.15) is 6.29 Å². The van der Waals surface area contributed by atoms with Gasteiger partial charge in [0.2, 0.25) is 0 Å². The summed E-state index contributed by atoms with van der Waals surface area (Å²) in [6.45, 7) is 0.298. The Balaban J connectivity index is 2.82. The lowest BCUT2D eigenvalue weighted by molar-refractivity contribution is -0.106. The number of nitrogens with zero attached hydrogens (tertiary/aromatic N) is 1. The van der Waals surface area contributed by atoms with E-state index in [-0.39, 0.29) is 5.56 Å². The molecule has 0 bridgehead atoms. The fourth-order valence-corrected chi connectivity index (χ4v) is 1.08. The van der Waals surface area contributed by atoms with Crippen LogP contribution in [0.15, 0.2) is 24.3 Å². The zero-order valence-electron chi connectivity index (χ0n) is 7.80. The normalized spacial score (nSPS) is 9.50. The molecule has 0 aliphatic rings. The van der Waals surface area contributed by atoms with Crippen LogP contribution >= 0.6 is 0 Å². The van der Waals surface area contributed by atoms with Crippen LogP contribution in [-0.4, -0.2) is 31.0 Å². The molecule has 1 rings (SSSR count).